The number of carbonyl (C=O) groups excluding carboxylic acids is 1. The van der Waals surface area contributed by atoms with Crippen molar-refractivity contribution in [3.05, 3.63) is 35.3 Å². The second kappa shape index (κ2) is 11.0. The van der Waals surface area contributed by atoms with E-state index in [1.165, 1.54) is 18.6 Å². The largest absolute Gasteiger partial charge is 0.493 e. The third kappa shape index (κ3) is 5.95. The van der Waals surface area contributed by atoms with Crippen molar-refractivity contribution < 1.29 is 23.2 Å². The van der Waals surface area contributed by atoms with Gasteiger partial charge in [0.2, 0.25) is 5.91 Å². The summed E-state index contributed by atoms with van der Waals surface area (Å²) in [5.41, 5.74) is 1.12. The van der Waals surface area contributed by atoms with Crippen LogP contribution in [0.25, 0.3) is 11.0 Å². The Morgan fingerprint density at radius 2 is 1.97 bits per heavy atom. The normalized spacial score (nSPS) is 25.1. The van der Waals surface area contributed by atoms with Gasteiger partial charge in [0.05, 0.1) is 12.0 Å². The van der Waals surface area contributed by atoms with Crippen LogP contribution in [0.15, 0.2) is 28.5 Å². The highest BCUT2D eigenvalue weighted by atomic mass is 19.1. The number of benzene rings is 1. The number of aryl methyl sites for hydroxylation is 1. The van der Waals surface area contributed by atoms with Crippen LogP contribution in [0.2, 0.25) is 0 Å². The van der Waals surface area contributed by atoms with Gasteiger partial charge in [-0.1, -0.05) is 5.16 Å². The van der Waals surface area contributed by atoms with Crippen LogP contribution in [0.3, 0.4) is 0 Å². The quantitative estimate of drug-likeness (QED) is 0.627. The molecule has 0 atom stereocenters. The van der Waals surface area contributed by atoms with Gasteiger partial charge < -0.3 is 24.2 Å². The van der Waals surface area contributed by atoms with Gasteiger partial charge in [-0.15, -0.1) is 0 Å². The number of nitrogens with zero attached hydrogens (tertiary/aromatic N) is 3. The molecular weight excluding hydrogens is 451 g/mol. The van der Waals surface area contributed by atoms with Gasteiger partial charge in [0.15, 0.2) is 11.4 Å². The molecule has 0 radical (unpaired) electrons. The van der Waals surface area contributed by atoms with Gasteiger partial charge in [-0.2, -0.15) is 0 Å². The molecule has 1 aromatic heterocycles. The molecule has 1 aromatic carbocycles. The van der Waals surface area contributed by atoms with E-state index in [9.17, 15) is 9.18 Å². The van der Waals surface area contributed by atoms with Gasteiger partial charge in [0, 0.05) is 44.4 Å². The molecule has 3 heterocycles. The Bertz CT molecular complexity index is 1050. The molecule has 2 saturated heterocycles. The Morgan fingerprint density at radius 3 is 2.71 bits per heavy atom. The molecule has 1 aliphatic carbocycles. The fourth-order valence-electron chi connectivity index (χ4n) is 5.35. The first-order chi connectivity index (χ1) is 17.0. The average Bonchev–Trinajstić information content (AvgIpc) is 3.27. The SMILES string of the molecule is Cc1cc2c(N3CCN(CCC4CCC(NC(=O)/C=C5/COCCO5)CC4)CC3)noc2cc1F. The number of aromatic nitrogens is 1. The zero-order valence-corrected chi connectivity index (χ0v) is 20.4. The summed E-state index contributed by atoms with van der Waals surface area (Å²) in [4.78, 5) is 17.0. The van der Waals surface area contributed by atoms with Crippen LogP contribution in [-0.2, 0) is 14.3 Å². The standard InChI is InChI=1S/C26H35FN4O4/c1-18-14-22-24(16-23(18)27)35-29-26(22)31-10-8-30(9-11-31)7-6-19-2-4-20(5-3-19)28-25(32)15-21-17-33-12-13-34-21/h14-16,19-20H,2-13,17H2,1H3,(H,28,32)/b21-15-. The Morgan fingerprint density at radius 1 is 1.17 bits per heavy atom. The number of hydrogen-bond donors (Lipinski definition) is 1. The molecule has 1 saturated carbocycles. The zero-order chi connectivity index (χ0) is 24.2. The van der Waals surface area contributed by atoms with Crippen LogP contribution in [0.1, 0.15) is 37.7 Å². The molecule has 190 valence electrons. The third-order valence-corrected chi connectivity index (χ3v) is 7.50. The predicted octanol–water partition coefficient (Wildman–Crippen LogP) is 3.39. The van der Waals surface area contributed by atoms with E-state index in [0.29, 0.717) is 42.6 Å². The third-order valence-electron chi connectivity index (χ3n) is 7.50. The fourth-order valence-corrected chi connectivity index (χ4v) is 5.35. The predicted molar refractivity (Wildman–Crippen MR) is 131 cm³/mol. The Kier molecular flexibility index (Phi) is 7.53. The molecule has 8 nitrogen and oxygen atoms in total. The highest BCUT2D eigenvalue weighted by Gasteiger charge is 2.25. The van der Waals surface area contributed by atoms with Crippen LogP contribution in [0.4, 0.5) is 10.2 Å². The summed E-state index contributed by atoms with van der Waals surface area (Å²) >= 11 is 0. The van der Waals surface area contributed by atoms with E-state index in [2.05, 4.69) is 20.3 Å². The van der Waals surface area contributed by atoms with Gasteiger partial charge in [0.1, 0.15) is 24.8 Å². The number of anilines is 1. The maximum Gasteiger partial charge on any atom is 0.247 e. The topological polar surface area (TPSA) is 80.1 Å². The van der Waals surface area contributed by atoms with Crippen LogP contribution >= 0.6 is 0 Å². The smallest absolute Gasteiger partial charge is 0.247 e. The summed E-state index contributed by atoms with van der Waals surface area (Å²) in [5, 5.41) is 8.24. The van der Waals surface area contributed by atoms with Crippen LogP contribution in [-0.4, -0.2) is 74.6 Å². The van der Waals surface area contributed by atoms with Gasteiger partial charge in [-0.3, -0.25) is 9.69 Å². The number of amides is 1. The number of hydrogen-bond acceptors (Lipinski definition) is 7. The lowest BCUT2D eigenvalue weighted by Gasteiger charge is -2.36. The summed E-state index contributed by atoms with van der Waals surface area (Å²) < 4.78 is 30.0. The molecule has 2 aromatic rings. The highest BCUT2D eigenvalue weighted by molar-refractivity contribution is 5.89. The molecule has 0 bridgehead atoms. The first kappa shape index (κ1) is 24.1. The molecule has 1 amide bonds. The van der Waals surface area contributed by atoms with Crippen molar-refractivity contribution in [1.29, 1.82) is 0 Å². The van der Waals surface area contributed by atoms with E-state index in [0.717, 1.165) is 69.6 Å². The first-order valence-corrected chi connectivity index (χ1v) is 12.8. The van der Waals surface area contributed by atoms with E-state index in [4.69, 9.17) is 14.0 Å². The summed E-state index contributed by atoms with van der Waals surface area (Å²) in [6.07, 6.45) is 7.10. The molecular formula is C26H35FN4O4. The second-order valence-corrected chi connectivity index (χ2v) is 9.96. The molecule has 5 rings (SSSR count). The first-order valence-electron chi connectivity index (χ1n) is 12.8. The number of carbonyl (C=O) groups is 1. The van der Waals surface area contributed by atoms with Crippen molar-refractivity contribution in [2.45, 2.75) is 45.1 Å². The number of nitrogens with one attached hydrogen (secondary N) is 1. The summed E-state index contributed by atoms with van der Waals surface area (Å²) in [7, 11) is 0. The van der Waals surface area contributed by atoms with Gasteiger partial charge in [-0.05, 0) is 63.1 Å². The van der Waals surface area contributed by atoms with Gasteiger partial charge >= 0.3 is 0 Å². The number of halogens is 1. The molecule has 1 N–H and O–H groups in total. The van der Waals surface area contributed by atoms with Gasteiger partial charge in [-0.25, -0.2) is 4.39 Å². The Balaban J connectivity index is 1.02. The lowest BCUT2D eigenvalue weighted by atomic mass is 9.84. The zero-order valence-electron chi connectivity index (χ0n) is 20.4. The van der Waals surface area contributed by atoms with Crippen LogP contribution in [0.5, 0.6) is 0 Å². The molecule has 0 unspecified atom stereocenters. The van der Waals surface area contributed by atoms with Crippen molar-refractivity contribution in [1.82, 2.24) is 15.4 Å². The average molecular weight is 487 g/mol. The number of ether oxygens (including phenoxy) is 2. The van der Waals surface area contributed by atoms with Crippen LogP contribution < -0.4 is 10.2 Å². The van der Waals surface area contributed by atoms with E-state index in [-0.39, 0.29) is 17.8 Å². The summed E-state index contributed by atoms with van der Waals surface area (Å²) in [5.74, 6) is 1.81. The van der Waals surface area contributed by atoms with E-state index < -0.39 is 0 Å². The Labute approximate surface area is 205 Å². The minimum Gasteiger partial charge on any atom is -0.493 e. The monoisotopic (exact) mass is 486 g/mol. The second-order valence-electron chi connectivity index (χ2n) is 9.96. The van der Waals surface area contributed by atoms with Crippen LogP contribution in [0, 0.1) is 18.7 Å². The maximum atomic E-state index is 13.8. The van der Waals surface area contributed by atoms with Crippen molar-refractivity contribution >= 4 is 22.7 Å². The van der Waals surface area contributed by atoms with E-state index in [1.54, 1.807) is 6.92 Å². The van der Waals surface area contributed by atoms with Crippen molar-refractivity contribution in [2.24, 2.45) is 5.92 Å². The van der Waals surface area contributed by atoms with Crippen molar-refractivity contribution in [3.63, 3.8) is 0 Å². The fraction of sp³-hybridized carbons (Fsp3) is 0.615. The number of fused-ring (bicyclic) bond motifs is 1. The minimum absolute atomic E-state index is 0.0768. The molecule has 35 heavy (non-hydrogen) atoms. The van der Waals surface area contributed by atoms with E-state index in [1.807, 2.05) is 6.07 Å². The van der Waals surface area contributed by atoms with E-state index >= 15 is 0 Å². The summed E-state index contributed by atoms with van der Waals surface area (Å²) in [6.45, 7) is 8.09. The summed E-state index contributed by atoms with van der Waals surface area (Å²) in [6, 6.07) is 3.50. The molecule has 3 aliphatic rings. The van der Waals surface area contributed by atoms with Crippen molar-refractivity contribution in [3.8, 4) is 0 Å². The molecule has 0 spiro atoms. The lowest BCUT2D eigenvalue weighted by Crippen LogP contribution is -2.47. The molecule has 9 heteroatoms. The molecule has 3 fully saturated rings. The highest BCUT2D eigenvalue weighted by Crippen LogP contribution is 2.30. The Hall–Kier alpha value is -2.65. The number of piperazine rings is 1. The number of rotatable bonds is 6. The lowest BCUT2D eigenvalue weighted by molar-refractivity contribution is -0.117. The van der Waals surface area contributed by atoms with Crippen molar-refractivity contribution in [2.75, 3.05) is 57.4 Å². The minimum atomic E-state index is -0.261. The maximum absolute atomic E-state index is 13.8. The van der Waals surface area contributed by atoms with Gasteiger partial charge in [0.25, 0.3) is 0 Å². The molecule has 2 aliphatic heterocycles.